The van der Waals surface area contributed by atoms with Crippen LogP contribution >= 0.6 is 0 Å². The Kier molecular flexibility index (Phi) is 8.76. The topological polar surface area (TPSA) is 61.4 Å². The van der Waals surface area contributed by atoms with Crippen LogP contribution in [0.25, 0.3) is 0 Å². The van der Waals surface area contributed by atoms with Crippen molar-refractivity contribution in [3.63, 3.8) is 0 Å². The molecule has 1 aliphatic heterocycles. The van der Waals surface area contributed by atoms with Crippen molar-refractivity contribution in [2.75, 3.05) is 23.3 Å². The van der Waals surface area contributed by atoms with Gasteiger partial charge in [-0.3, -0.25) is 9.59 Å². The molecule has 1 heterocycles. The van der Waals surface area contributed by atoms with Gasteiger partial charge < -0.3 is 15.5 Å². The third-order valence-corrected chi connectivity index (χ3v) is 6.36. The number of piperidine rings is 1. The van der Waals surface area contributed by atoms with Crippen molar-refractivity contribution in [3.05, 3.63) is 59.7 Å². The molecule has 2 unspecified atom stereocenters. The Labute approximate surface area is 205 Å². The highest BCUT2D eigenvalue weighted by Crippen LogP contribution is 2.29. The number of amides is 2. The molecule has 0 aliphatic carbocycles. The average molecular weight is 464 g/mol. The van der Waals surface area contributed by atoms with E-state index < -0.39 is 0 Å². The quantitative estimate of drug-likeness (QED) is 0.465. The highest BCUT2D eigenvalue weighted by Gasteiger charge is 2.22. The van der Waals surface area contributed by atoms with E-state index in [2.05, 4.69) is 43.2 Å². The molecule has 2 aromatic rings. The predicted molar refractivity (Wildman–Crippen MR) is 141 cm³/mol. The van der Waals surface area contributed by atoms with Gasteiger partial charge in [0.1, 0.15) is 0 Å². The Hall–Kier alpha value is -2.82. The summed E-state index contributed by atoms with van der Waals surface area (Å²) in [5, 5.41) is 6.18. The van der Waals surface area contributed by atoms with Crippen LogP contribution < -0.4 is 15.5 Å². The summed E-state index contributed by atoms with van der Waals surface area (Å²) in [5.41, 5.74) is 3.48. The minimum absolute atomic E-state index is 0.00788. The van der Waals surface area contributed by atoms with Crippen LogP contribution in [0.5, 0.6) is 0 Å². The molecule has 184 valence electrons. The van der Waals surface area contributed by atoms with E-state index in [0.29, 0.717) is 23.6 Å². The first-order chi connectivity index (χ1) is 16.1. The molecule has 3 rings (SSSR count). The molecule has 0 bridgehead atoms. The van der Waals surface area contributed by atoms with Crippen LogP contribution in [0.15, 0.2) is 48.5 Å². The van der Waals surface area contributed by atoms with E-state index in [0.717, 1.165) is 43.6 Å². The first-order valence-corrected chi connectivity index (χ1v) is 12.7. The van der Waals surface area contributed by atoms with Crippen LogP contribution in [-0.4, -0.2) is 24.9 Å². The molecule has 1 aliphatic rings. The van der Waals surface area contributed by atoms with Gasteiger partial charge in [-0.1, -0.05) is 58.0 Å². The van der Waals surface area contributed by atoms with E-state index in [4.69, 9.17) is 0 Å². The van der Waals surface area contributed by atoms with Gasteiger partial charge in [-0.05, 0) is 67.7 Å². The third kappa shape index (κ3) is 7.61. The molecule has 5 nitrogen and oxygen atoms in total. The third-order valence-electron chi connectivity index (χ3n) is 6.36. The lowest BCUT2D eigenvalue weighted by Crippen LogP contribution is -2.33. The molecule has 1 fully saturated rings. The van der Waals surface area contributed by atoms with Crippen LogP contribution in [0.4, 0.5) is 11.4 Å². The minimum atomic E-state index is -0.117. The SMILES string of the molecule is CC(CC(=O)Nc1ccc(N2CCCCC2)c(C(=O)NC(C)c2ccccc2)c1)CC(C)(C)C. The number of benzene rings is 2. The highest BCUT2D eigenvalue weighted by atomic mass is 16.2. The Morgan fingerprint density at radius 1 is 0.971 bits per heavy atom. The molecule has 1 saturated heterocycles. The Morgan fingerprint density at radius 2 is 1.65 bits per heavy atom. The second kappa shape index (κ2) is 11.5. The summed E-state index contributed by atoms with van der Waals surface area (Å²) in [4.78, 5) is 28.4. The fourth-order valence-electron chi connectivity index (χ4n) is 4.95. The lowest BCUT2D eigenvalue weighted by atomic mass is 9.84. The number of carbonyl (C=O) groups is 2. The monoisotopic (exact) mass is 463 g/mol. The van der Waals surface area contributed by atoms with Crippen LogP contribution in [0.3, 0.4) is 0 Å². The maximum Gasteiger partial charge on any atom is 0.253 e. The average Bonchev–Trinajstić information content (AvgIpc) is 2.78. The van der Waals surface area contributed by atoms with Gasteiger partial charge in [-0.15, -0.1) is 0 Å². The van der Waals surface area contributed by atoms with E-state index >= 15 is 0 Å². The maximum absolute atomic E-state index is 13.4. The molecule has 2 amide bonds. The Balaban J connectivity index is 1.78. The summed E-state index contributed by atoms with van der Waals surface area (Å²) in [5.74, 6) is 0.169. The molecular weight excluding hydrogens is 422 g/mol. The first-order valence-electron chi connectivity index (χ1n) is 12.7. The smallest absolute Gasteiger partial charge is 0.253 e. The van der Waals surface area contributed by atoms with Crippen LogP contribution in [0.1, 0.15) is 88.7 Å². The molecule has 0 spiro atoms. The van der Waals surface area contributed by atoms with E-state index in [-0.39, 0.29) is 23.3 Å². The van der Waals surface area contributed by atoms with Crippen molar-refractivity contribution >= 4 is 23.2 Å². The number of nitrogens with one attached hydrogen (secondary N) is 2. The molecule has 5 heteroatoms. The lowest BCUT2D eigenvalue weighted by molar-refractivity contribution is -0.117. The van der Waals surface area contributed by atoms with Gasteiger partial charge in [0.15, 0.2) is 0 Å². The number of anilines is 2. The highest BCUT2D eigenvalue weighted by molar-refractivity contribution is 6.02. The van der Waals surface area contributed by atoms with Gasteiger partial charge >= 0.3 is 0 Å². The molecule has 0 aromatic heterocycles. The molecule has 2 atom stereocenters. The van der Waals surface area contributed by atoms with Crippen molar-refractivity contribution in [3.8, 4) is 0 Å². The van der Waals surface area contributed by atoms with Gasteiger partial charge in [0.25, 0.3) is 5.91 Å². The lowest BCUT2D eigenvalue weighted by Gasteiger charge is -2.31. The van der Waals surface area contributed by atoms with Gasteiger partial charge in [0.05, 0.1) is 11.6 Å². The van der Waals surface area contributed by atoms with Crippen LogP contribution in [0.2, 0.25) is 0 Å². The number of nitrogens with zero attached hydrogens (tertiary/aromatic N) is 1. The zero-order valence-electron chi connectivity index (χ0n) is 21.5. The molecule has 2 N–H and O–H groups in total. The van der Waals surface area contributed by atoms with Crippen molar-refractivity contribution in [1.82, 2.24) is 5.32 Å². The number of hydrogen-bond acceptors (Lipinski definition) is 3. The normalized spacial score (nSPS) is 16.0. The first kappa shape index (κ1) is 25.8. The van der Waals surface area contributed by atoms with Crippen LogP contribution in [0, 0.1) is 11.3 Å². The molecular formula is C29H41N3O2. The fourth-order valence-corrected chi connectivity index (χ4v) is 4.95. The van der Waals surface area contributed by atoms with Crippen LogP contribution in [-0.2, 0) is 4.79 Å². The van der Waals surface area contributed by atoms with Crippen molar-refractivity contribution in [2.24, 2.45) is 11.3 Å². The molecule has 0 saturated carbocycles. The second-order valence-corrected chi connectivity index (χ2v) is 11.0. The van der Waals surface area contributed by atoms with Crippen molar-refractivity contribution < 1.29 is 9.59 Å². The zero-order valence-corrected chi connectivity index (χ0v) is 21.5. The summed E-state index contributed by atoms with van der Waals surface area (Å²) in [6.45, 7) is 12.6. The van der Waals surface area contributed by atoms with Gasteiger partial charge in [0, 0.05) is 30.9 Å². The van der Waals surface area contributed by atoms with E-state index in [1.807, 2.05) is 55.5 Å². The largest absolute Gasteiger partial charge is 0.371 e. The molecule has 2 aromatic carbocycles. The molecule has 0 radical (unpaired) electrons. The predicted octanol–water partition coefficient (Wildman–Crippen LogP) is 6.57. The Bertz CT molecular complexity index is 959. The van der Waals surface area contributed by atoms with Crippen molar-refractivity contribution in [1.29, 1.82) is 0 Å². The zero-order chi connectivity index (χ0) is 24.7. The maximum atomic E-state index is 13.4. The summed E-state index contributed by atoms with van der Waals surface area (Å²) < 4.78 is 0. The second-order valence-electron chi connectivity index (χ2n) is 11.0. The summed E-state index contributed by atoms with van der Waals surface area (Å²) in [6, 6.07) is 15.6. The summed E-state index contributed by atoms with van der Waals surface area (Å²) in [7, 11) is 0. The van der Waals surface area contributed by atoms with Gasteiger partial charge in [-0.25, -0.2) is 0 Å². The summed E-state index contributed by atoms with van der Waals surface area (Å²) in [6.07, 6.45) is 4.94. The number of hydrogen-bond donors (Lipinski definition) is 2. The van der Waals surface area contributed by atoms with E-state index in [1.54, 1.807) is 0 Å². The standard InChI is InChI=1S/C29H41N3O2/c1-21(20-29(3,4)5)18-27(33)31-24-14-15-26(32-16-10-7-11-17-32)25(19-24)28(34)30-22(2)23-12-8-6-9-13-23/h6,8-9,12-15,19,21-22H,7,10-11,16-18,20H2,1-5H3,(H,30,34)(H,31,33). The number of carbonyl (C=O) groups excluding carboxylic acids is 2. The van der Waals surface area contributed by atoms with E-state index in [1.165, 1.54) is 6.42 Å². The van der Waals surface area contributed by atoms with Gasteiger partial charge in [0.2, 0.25) is 5.91 Å². The Morgan fingerprint density at radius 3 is 2.29 bits per heavy atom. The van der Waals surface area contributed by atoms with Crippen molar-refractivity contribution in [2.45, 2.75) is 72.8 Å². The molecule has 34 heavy (non-hydrogen) atoms. The van der Waals surface area contributed by atoms with Gasteiger partial charge in [-0.2, -0.15) is 0 Å². The minimum Gasteiger partial charge on any atom is -0.371 e. The summed E-state index contributed by atoms with van der Waals surface area (Å²) >= 11 is 0. The van der Waals surface area contributed by atoms with E-state index in [9.17, 15) is 9.59 Å². The number of rotatable bonds is 8. The fraction of sp³-hybridized carbons (Fsp3) is 0.517.